The normalized spacial score (nSPS) is 18.6. The molecular formula is C12H25N3O. The summed E-state index contributed by atoms with van der Waals surface area (Å²) in [5.41, 5.74) is 0. The van der Waals surface area contributed by atoms with Gasteiger partial charge in [-0.1, -0.05) is 0 Å². The molecule has 0 spiro atoms. The first-order chi connectivity index (χ1) is 7.72. The molecule has 0 atom stereocenters. The summed E-state index contributed by atoms with van der Waals surface area (Å²) in [5, 5.41) is 5.96. The van der Waals surface area contributed by atoms with E-state index >= 15 is 0 Å². The molecule has 1 saturated heterocycles. The van der Waals surface area contributed by atoms with E-state index in [9.17, 15) is 4.79 Å². The van der Waals surface area contributed by atoms with Gasteiger partial charge in [0.1, 0.15) is 0 Å². The summed E-state index contributed by atoms with van der Waals surface area (Å²) in [6.07, 6.45) is 4.49. The van der Waals surface area contributed by atoms with E-state index < -0.39 is 0 Å². The third-order valence-electron chi connectivity index (χ3n) is 3.38. The fourth-order valence-electron chi connectivity index (χ4n) is 2.11. The first-order valence-corrected chi connectivity index (χ1v) is 6.32. The first-order valence-electron chi connectivity index (χ1n) is 6.32. The number of carbonyl (C=O) groups excluding carboxylic acids is 1. The summed E-state index contributed by atoms with van der Waals surface area (Å²) in [7, 11) is 3.87. The lowest BCUT2D eigenvalue weighted by Gasteiger charge is -2.28. The number of amides is 1. The monoisotopic (exact) mass is 227 g/mol. The standard InChI is InChI=1S/C12H25N3O/c1-13-12(16)4-8-14-7-3-11-5-9-15(2)10-6-11/h11,14H,3-10H2,1-2H3,(H,13,16). The van der Waals surface area contributed by atoms with Crippen LogP contribution in [0.15, 0.2) is 0 Å². The summed E-state index contributed by atoms with van der Waals surface area (Å²) in [4.78, 5) is 13.4. The number of hydrogen-bond acceptors (Lipinski definition) is 3. The third-order valence-corrected chi connectivity index (χ3v) is 3.38. The highest BCUT2D eigenvalue weighted by atomic mass is 16.1. The third kappa shape index (κ3) is 5.47. The van der Waals surface area contributed by atoms with E-state index in [0.29, 0.717) is 6.42 Å². The summed E-state index contributed by atoms with van der Waals surface area (Å²) in [6.45, 7) is 4.32. The maximum absolute atomic E-state index is 11.0. The smallest absolute Gasteiger partial charge is 0.221 e. The maximum Gasteiger partial charge on any atom is 0.221 e. The Bertz CT molecular complexity index is 200. The molecule has 94 valence electrons. The zero-order valence-electron chi connectivity index (χ0n) is 10.6. The Morgan fingerprint density at radius 3 is 2.62 bits per heavy atom. The summed E-state index contributed by atoms with van der Waals surface area (Å²) >= 11 is 0. The van der Waals surface area contributed by atoms with Crippen molar-refractivity contribution < 1.29 is 4.79 Å². The topological polar surface area (TPSA) is 44.4 Å². The first kappa shape index (κ1) is 13.5. The Hall–Kier alpha value is -0.610. The van der Waals surface area contributed by atoms with Gasteiger partial charge >= 0.3 is 0 Å². The van der Waals surface area contributed by atoms with Crippen LogP contribution >= 0.6 is 0 Å². The van der Waals surface area contributed by atoms with E-state index in [1.807, 2.05) is 0 Å². The molecule has 2 N–H and O–H groups in total. The highest BCUT2D eigenvalue weighted by Crippen LogP contribution is 2.18. The van der Waals surface area contributed by atoms with Crippen molar-refractivity contribution in [2.24, 2.45) is 5.92 Å². The van der Waals surface area contributed by atoms with Gasteiger partial charge in [0.15, 0.2) is 0 Å². The van der Waals surface area contributed by atoms with E-state index in [0.717, 1.165) is 19.0 Å². The number of carbonyl (C=O) groups is 1. The van der Waals surface area contributed by atoms with Crippen LogP contribution < -0.4 is 10.6 Å². The van der Waals surface area contributed by atoms with Gasteiger partial charge in [-0.15, -0.1) is 0 Å². The zero-order valence-corrected chi connectivity index (χ0v) is 10.6. The van der Waals surface area contributed by atoms with Gasteiger partial charge in [0.2, 0.25) is 5.91 Å². The van der Waals surface area contributed by atoms with Gasteiger partial charge < -0.3 is 15.5 Å². The van der Waals surface area contributed by atoms with Gasteiger partial charge in [-0.25, -0.2) is 0 Å². The van der Waals surface area contributed by atoms with Crippen LogP contribution in [0.2, 0.25) is 0 Å². The largest absolute Gasteiger partial charge is 0.359 e. The molecule has 0 unspecified atom stereocenters. The van der Waals surface area contributed by atoms with E-state index in [2.05, 4.69) is 22.6 Å². The molecule has 16 heavy (non-hydrogen) atoms. The highest BCUT2D eigenvalue weighted by Gasteiger charge is 2.15. The molecule has 4 nitrogen and oxygen atoms in total. The number of piperidine rings is 1. The quantitative estimate of drug-likeness (QED) is 0.647. The minimum atomic E-state index is 0.117. The van der Waals surface area contributed by atoms with Crippen molar-refractivity contribution in [1.29, 1.82) is 0 Å². The lowest BCUT2D eigenvalue weighted by atomic mass is 9.94. The summed E-state index contributed by atoms with van der Waals surface area (Å²) in [5.74, 6) is 0.996. The van der Waals surface area contributed by atoms with Gasteiger partial charge in [-0.05, 0) is 51.9 Å². The fourth-order valence-corrected chi connectivity index (χ4v) is 2.11. The molecule has 1 fully saturated rings. The minimum Gasteiger partial charge on any atom is -0.359 e. The van der Waals surface area contributed by atoms with Crippen molar-refractivity contribution in [2.75, 3.05) is 40.3 Å². The second-order valence-corrected chi connectivity index (χ2v) is 4.71. The lowest BCUT2D eigenvalue weighted by molar-refractivity contribution is -0.120. The lowest BCUT2D eigenvalue weighted by Crippen LogP contribution is -2.32. The molecule has 1 aliphatic heterocycles. The Balaban J connectivity index is 1.93. The SMILES string of the molecule is CNC(=O)CCNCCC1CCN(C)CC1. The van der Waals surface area contributed by atoms with Crippen molar-refractivity contribution in [1.82, 2.24) is 15.5 Å². The van der Waals surface area contributed by atoms with Crippen LogP contribution in [0.3, 0.4) is 0 Å². The summed E-state index contributed by atoms with van der Waals surface area (Å²) in [6, 6.07) is 0. The Morgan fingerprint density at radius 2 is 2.00 bits per heavy atom. The molecule has 1 aliphatic rings. The predicted molar refractivity (Wildman–Crippen MR) is 66.4 cm³/mol. The van der Waals surface area contributed by atoms with Crippen LogP contribution in [0.25, 0.3) is 0 Å². The van der Waals surface area contributed by atoms with Gasteiger partial charge in [0.05, 0.1) is 0 Å². The van der Waals surface area contributed by atoms with Gasteiger partial charge in [0, 0.05) is 20.0 Å². The van der Waals surface area contributed by atoms with Crippen molar-refractivity contribution in [3.8, 4) is 0 Å². The Morgan fingerprint density at radius 1 is 1.31 bits per heavy atom. The van der Waals surface area contributed by atoms with Crippen LogP contribution in [-0.4, -0.2) is 51.1 Å². The molecule has 0 aromatic carbocycles. The average Bonchev–Trinajstić information content (AvgIpc) is 2.31. The van der Waals surface area contributed by atoms with Crippen molar-refractivity contribution >= 4 is 5.91 Å². The molecule has 1 heterocycles. The molecule has 0 bridgehead atoms. The average molecular weight is 227 g/mol. The van der Waals surface area contributed by atoms with E-state index in [4.69, 9.17) is 0 Å². The molecule has 0 aromatic heterocycles. The van der Waals surface area contributed by atoms with Crippen molar-refractivity contribution in [3.05, 3.63) is 0 Å². The van der Waals surface area contributed by atoms with E-state index in [-0.39, 0.29) is 5.91 Å². The highest BCUT2D eigenvalue weighted by molar-refractivity contribution is 5.75. The van der Waals surface area contributed by atoms with Crippen LogP contribution in [0.5, 0.6) is 0 Å². The van der Waals surface area contributed by atoms with Crippen molar-refractivity contribution in [3.63, 3.8) is 0 Å². The Kier molecular flexibility index (Phi) is 6.42. The number of nitrogens with zero attached hydrogens (tertiary/aromatic N) is 1. The Labute approximate surface area is 98.8 Å². The van der Waals surface area contributed by atoms with Gasteiger partial charge in [-0.2, -0.15) is 0 Å². The number of likely N-dealkylation sites (tertiary alicyclic amines) is 1. The molecule has 0 aromatic rings. The molecular weight excluding hydrogens is 202 g/mol. The van der Waals surface area contributed by atoms with Crippen LogP contribution in [-0.2, 0) is 4.79 Å². The predicted octanol–water partition coefficient (Wildman–Crippen LogP) is 0.444. The molecule has 0 aliphatic carbocycles. The molecule has 4 heteroatoms. The van der Waals surface area contributed by atoms with Crippen LogP contribution in [0.4, 0.5) is 0 Å². The number of rotatable bonds is 6. The molecule has 0 radical (unpaired) electrons. The van der Waals surface area contributed by atoms with Crippen LogP contribution in [0, 0.1) is 5.92 Å². The molecule has 1 rings (SSSR count). The van der Waals surface area contributed by atoms with Crippen LogP contribution in [0.1, 0.15) is 25.7 Å². The second-order valence-electron chi connectivity index (χ2n) is 4.71. The van der Waals surface area contributed by atoms with Gasteiger partial charge in [-0.3, -0.25) is 4.79 Å². The molecule has 0 saturated carbocycles. The second kappa shape index (κ2) is 7.63. The number of hydrogen-bond donors (Lipinski definition) is 2. The maximum atomic E-state index is 11.0. The summed E-state index contributed by atoms with van der Waals surface area (Å²) < 4.78 is 0. The van der Waals surface area contributed by atoms with E-state index in [1.54, 1.807) is 7.05 Å². The van der Waals surface area contributed by atoms with Crippen molar-refractivity contribution in [2.45, 2.75) is 25.7 Å². The fraction of sp³-hybridized carbons (Fsp3) is 0.917. The molecule has 1 amide bonds. The number of nitrogens with one attached hydrogen (secondary N) is 2. The van der Waals surface area contributed by atoms with E-state index in [1.165, 1.54) is 32.4 Å². The van der Waals surface area contributed by atoms with Gasteiger partial charge in [0.25, 0.3) is 0 Å². The minimum absolute atomic E-state index is 0.117. The zero-order chi connectivity index (χ0) is 11.8.